The van der Waals surface area contributed by atoms with Crippen molar-refractivity contribution in [3.63, 3.8) is 0 Å². The number of rotatable bonds is 5. The molecule has 0 radical (unpaired) electrons. The van der Waals surface area contributed by atoms with Crippen LogP contribution in [0.5, 0.6) is 0 Å². The molecule has 3 nitrogen and oxygen atoms in total. The van der Waals surface area contributed by atoms with Crippen LogP contribution in [0.4, 0.5) is 0 Å². The third-order valence-corrected chi connectivity index (χ3v) is 3.42. The van der Waals surface area contributed by atoms with E-state index in [0.717, 1.165) is 17.6 Å². The number of aromatic amines is 1. The minimum atomic E-state index is -0.725. The van der Waals surface area contributed by atoms with E-state index in [4.69, 9.17) is 5.11 Å². The average Bonchev–Trinajstić information content (AvgIpc) is 2.70. The summed E-state index contributed by atoms with van der Waals surface area (Å²) in [5.41, 5.74) is 3.47. The fourth-order valence-electron chi connectivity index (χ4n) is 2.18. The predicted octanol–water partition coefficient (Wildman–Crippen LogP) is 3.99. The van der Waals surface area contributed by atoms with E-state index < -0.39 is 5.97 Å². The Balaban J connectivity index is 2.09. The van der Waals surface area contributed by atoms with Gasteiger partial charge in [-0.1, -0.05) is 37.3 Å². The van der Waals surface area contributed by atoms with Crippen molar-refractivity contribution in [2.24, 2.45) is 5.92 Å². The molecule has 1 atom stereocenters. The van der Waals surface area contributed by atoms with Gasteiger partial charge in [0.05, 0.1) is 5.92 Å². The van der Waals surface area contributed by atoms with Crippen LogP contribution in [-0.2, 0) is 4.79 Å². The van der Waals surface area contributed by atoms with E-state index in [1.54, 1.807) is 6.92 Å². The lowest BCUT2D eigenvalue weighted by atomic mass is 10.0. The van der Waals surface area contributed by atoms with Crippen molar-refractivity contribution in [2.75, 3.05) is 0 Å². The molecule has 19 heavy (non-hydrogen) atoms. The highest BCUT2D eigenvalue weighted by molar-refractivity contribution is 5.90. The van der Waals surface area contributed by atoms with Crippen LogP contribution in [0.2, 0.25) is 0 Å². The number of carboxylic acids is 1. The zero-order valence-corrected chi connectivity index (χ0v) is 11.3. The van der Waals surface area contributed by atoms with Crippen molar-refractivity contribution in [3.05, 3.63) is 41.6 Å². The van der Waals surface area contributed by atoms with Crippen molar-refractivity contribution in [3.8, 4) is 0 Å². The minimum absolute atomic E-state index is 0.284. The molecule has 2 rings (SSSR count). The lowest BCUT2D eigenvalue weighted by Crippen LogP contribution is -2.08. The molecular formula is C16H19NO2. The van der Waals surface area contributed by atoms with Crippen molar-refractivity contribution in [1.82, 2.24) is 4.98 Å². The smallest absolute Gasteiger partial charge is 0.306 e. The third kappa shape index (κ3) is 3.05. The average molecular weight is 257 g/mol. The number of fused-ring (bicyclic) bond motifs is 1. The van der Waals surface area contributed by atoms with Gasteiger partial charge < -0.3 is 10.1 Å². The Hall–Kier alpha value is -2.03. The molecule has 0 saturated carbocycles. The van der Waals surface area contributed by atoms with Gasteiger partial charge in [0, 0.05) is 22.2 Å². The lowest BCUT2D eigenvalue weighted by Gasteiger charge is -2.02. The summed E-state index contributed by atoms with van der Waals surface area (Å²) in [5.74, 6) is -1.01. The number of hydrogen-bond donors (Lipinski definition) is 2. The molecule has 1 aromatic heterocycles. The van der Waals surface area contributed by atoms with Crippen LogP contribution in [0.1, 0.15) is 31.0 Å². The van der Waals surface area contributed by atoms with Gasteiger partial charge in [0.2, 0.25) is 0 Å². The number of allylic oxidation sites excluding steroid dienone is 1. The number of carboxylic acid groups (broad SMARTS) is 1. The summed E-state index contributed by atoms with van der Waals surface area (Å²) in [6.45, 7) is 3.80. The van der Waals surface area contributed by atoms with Crippen molar-refractivity contribution in [1.29, 1.82) is 0 Å². The van der Waals surface area contributed by atoms with Gasteiger partial charge in [-0.3, -0.25) is 4.79 Å². The zero-order chi connectivity index (χ0) is 13.8. The van der Waals surface area contributed by atoms with Gasteiger partial charge in [-0.05, 0) is 25.8 Å². The number of H-pyrrole nitrogens is 1. The van der Waals surface area contributed by atoms with Crippen molar-refractivity contribution < 1.29 is 9.90 Å². The van der Waals surface area contributed by atoms with Crippen LogP contribution in [0.25, 0.3) is 17.0 Å². The van der Waals surface area contributed by atoms with Gasteiger partial charge in [0.1, 0.15) is 0 Å². The second kappa shape index (κ2) is 5.74. The van der Waals surface area contributed by atoms with E-state index in [-0.39, 0.29) is 5.92 Å². The second-order valence-electron chi connectivity index (χ2n) is 4.93. The zero-order valence-electron chi connectivity index (χ0n) is 11.3. The summed E-state index contributed by atoms with van der Waals surface area (Å²) >= 11 is 0. The highest BCUT2D eigenvalue weighted by atomic mass is 16.4. The van der Waals surface area contributed by atoms with Crippen LogP contribution in [0, 0.1) is 12.8 Å². The van der Waals surface area contributed by atoms with Gasteiger partial charge in [-0.15, -0.1) is 0 Å². The number of aliphatic carboxylic acids is 1. The normalized spacial score (nSPS) is 13.2. The highest BCUT2D eigenvalue weighted by Gasteiger charge is 2.09. The summed E-state index contributed by atoms with van der Waals surface area (Å²) < 4.78 is 0. The lowest BCUT2D eigenvalue weighted by molar-refractivity contribution is -0.141. The van der Waals surface area contributed by atoms with E-state index in [0.29, 0.717) is 6.42 Å². The van der Waals surface area contributed by atoms with Gasteiger partial charge in [-0.25, -0.2) is 0 Å². The number of aromatic nitrogens is 1. The molecular weight excluding hydrogens is 238 g/mol. The molecule has 1 heterocycles. The second-order valence-corrected chi connectivity index (χ2v) is 4.93. The molecule has 0 spiro atoms. The van der Waals surface area contributed by atoms with Crippen LogP contribution >= 0.6 is 0 Å². The SMILES string of the molecule is Cc1[nH]c2ccccc2c1/C=C/CCC(C)C(=O)O. The Morgan fingerprint density at radius 3 is 2.89 bits per heavy atom. The first-order chi connectivity index (χ1) is 9.09. The molecule has 2 aromatic rings. The molecule has 1 unspecified atom stereocenters. The van der Waals surface area contributed by atoms with Crippen LogP contribution in [-0.4, -0.2) is 16.1 Å². The maximum Gasteiger partial charge on any atom is 0.306 e. The van der Waals surface area contributed by atoms with E-state index in [9.17, 15) is 4.79 Å². The molecule has 0 aliphatic carbocycles. The van der Waals surface area contributed by atoms with Gasteiger partial charge in [0.15, 0.2) is 0 Å². The standard InChI is InChI=1S/C16H19NO2/c1-11(16(18)19)7-3-4-8-13-12(2)17-15-10-6-5-9-14(13)15/h4-6,8-11,17H,3,7H2,1-2H3,(H,18,19)/b8-4+. The molecule has 1 aromatic carbocycles. The Morgan fingerprint density at radius 1 is 1.42 bits per heavy atom. The largest absolute Gasteiger partial charge is 0.481 e. The number of hydrogen-bond acceptors (Lipinski definition) is 1. The van der Waals surface area contributed by atoms with Gasteiger partial charge >= 0.3 is 5.97 Å². The Labute approximate surface area is 113 Å². The highest BCUT2D eigenvalue weighted by Crippen LogP contribution is 2.23. The Kier molecular flexibility index (Phi) is 4.05. The molecule has 2 N–H and O–H groups in total. The van der Waals surface area contributed by atoms with E-state index in [1.165, 1.54) is 10.9 Å². The summed E-state index contributed by atoms with van der Waals surface area (Å²) in [6.07, 6.45) is 5.60. The monoisotopic (exact) mass is 257 g/mol. The van der Waals surface area contributed by atoms with E-state index in [2.05, 4.69) is 36.2 Å². The first-order valence-corrected chi connectivity index (χ1v) is 6.56. The molecule has 0 amide bonds. The van der Waals surface area contributed by atoms with Gasteiger partial charge in [-0.2, -0.15) is 0 Å². The summed E-state index contributed by atoms with van der Waals surface area (Å²) in [5, 5.41) is 10.0. The van der Waals surface area contributed by atoms with E-state index >= 15 is 0 Å². The Bertz CT molecular complexity index is 610. The minimum Gasteiger partial charge on any atom is -0.481 e. The molecule has 3 heteroatoms. The van der Waals surface area contributed by atoms with Crippen molar-refractivity contribution >= 4 is 22.9 Å². The molecule has 0 aliphatic heterocycles. The number of para-hydroxylation sites is 1. The molecule has 0 fully saturated rings. The summed E-state index contributed by atoms with van der Waals surface area (Å²) in [4.78, 5) is 14.1. The molecule has 0 aliphatic rings. The number of aryl methyl sites for hydroxylation is 1. The molecule has 100 valence electrons. The first kappa shape index (κ1) is 13.4. The summed E-state index contributed by atoms with van der Waals surface area (Å²) in [6, 6.07) is 8.20. The third-order valence-electron chi connectivity index (χ3n) is 3.42. The van der Waals surface area contributed by atoms with Crippen molar-refractivity contribution in [2.45, 2.75) is 26.7 Å². The quantitative estimate of drug-likeness (QED) is 0.850. The maximum atomic E-state index is 10.7. The van der Waals surface area contributed by atoms with Gasteiger partial charge in [0.25, 0.3) is 0 Å². The molecule has 0 saturated heterocycles. The fraction of sp³-hybridized carbons (Fsp3) is 0.312. The van der Waals surface area contributed by atoms with Crippen LogP contribution in [0.3, 0.4) is 0 Å². The molecule has 0 bridgehead atoms. The summed E-state index contributed by atoms with van der Waals surface area (Å²) in [7, 11) is 0. The maximum absolute atomic E-state index is 10.7. The Morgan fingerprint density at radius 2 is 2.16 bits per heavy atom. The van der Waals surface area contributed by atoms with Crippen LogP contribution in [0.15, 0.2) is 30.3 Å². The fourth-order valence-corrected chi connectivity index (χ4v) is 2.18. The topological polar surface area (TPSA) is 53.1 Å². The van der Waals surface area contributed by atoms with Crippen LogP contribution < -0.4 is 0 Å². The first-order valence-electron chi connectivity index (χ1n) is 6.56. The van der Waals surface area contributed by atoms with E-state index in [1.807, 2.05) is 12.1 Å². The number of carbonyl (C=O) groups is 1. The predicted molar refractivity (Wildman–Crippen MR) is 78.1 cm³/mol. The number of benzene rings is 1. The number of nitrogens with one attached hydrogen (secondary N) is 1.